The van der Waals surface area contributed by atoms with Gasteiger partial charge >= 0.3 is 0 Å². The SMILES string of the molecule is Cc1c(Cl)cnc(C(F)F)c1C. The van der Waals surface area contributed by atoms with Gasteiger partial charge in [-0.05, 0) is 25.0 Å². The zero-order valence-electron chi connectivity index (χ0n) is 6.74. The van der Waals surface area contributed by atoms with Crippen molar-refractivity contribution in [1.82, 2.24) is 4.98 Å². The molecule has 0 saturated heterocycles. The lowest BCUT2D eigenvalue weighted by Crippen LogP contribution is -1.97. The van der Waals surface area contributed by atoms with Crippen LogP contribution in [0.5, 0.6) is 0 Å². The predicted molar refractivity (Wildman–Crippen MR) is 43.7 cm³/mol. The van der Waals surface area contributed by atoms with Crippen LogP contribution in [0.4, 0.5) is 8.78 Å². The predicted octanol–water partition coefficient (Wildman–Crippen LogP) is 3.29. The van der Waals surface area contributed by atoms with Crippen LogP contribution in [0.3, 0.4) is 0 Å². The molecule has 66 valence electrons. The number of pyridine rings is 1. The molecule has 1 aromatic rings. The van der Waals surface area contributed by atoms with Crippen molar-refractivity contribution in [3.8, 4) is 0 Å². The molecule has 0 aromatic carbocycles. The summed E-state index contributed by atoms with van der Waals surface area (Å²) in [5.41, 5.74) is 0.955. The van der Waals surface area contributed by atoms with Crippen molar-refractivity contribution in [2.45, 2.75) is 20.3 Å². The Kier molecular flexibility index (Phi) is 2.62. The van der Waals surface area contributed by atoms with E-state index in [0.717, 1.165) is 0 Å². The minimum Gasteiger partial charge on any atom is -0.253 e. The molecule has 1 aromatic heterocycles. The van der Waals surface area contributed by atoms with Crippen molar-refractivity contribution >= 4 is 11.6 Å². The van der Waals surface area contributed by atoms with E-state index in [0.29, 0.717) is 16.1 Å². The molecular formula is C8H8ClF2N. The fraction of sp³-hybridized carbons (Fsp3) is 0.375. The molecule has 0 spiro atoms. The van der Waals surface area contributed by atoms with Crippen molar-refractivity contribution in [3.63, 3.8) is 0 Å². The molecule has 0 bridgehead atoms. The number of aromatic nitrogens is 1. The molecule has 0 fully saturated rings. The van der Waals surface area contributed by atoms with Gasteiger partial charge in [-0.3, -0.25) is 4.98 Å². The van der Waals surface area contributed by atoms with Crippen LogP contribution >= 0.6 is 11.6 Å². The Bertz CT molecular complexity index is 299. The first-order chi connectivity index (χ1) is 5.54. The summed E-state index contributed by atoms with van der Waals surface area (Å²) in [5, 5.41) is 0.428. The second-order valence-corrected chi connectivity index (χ2v) is 2.95. The van der Waals surface area contributed by atoms with Gasteiger partial charge in [-0.1, -0.05) is 11.6 Å². The summed E-state index contributed by atoms with van der Waals surface area (Å²) in [5.74, 6) is 0. The maximum absolute atomic E-state index is 12.2. The number of alkyl halides is 2. The molecule has 12 heavy (non-hydrogen) atoms. The Balaban J connectivity index is 3.27. The average Bonchev–Trinajstić information content (AvgIpc) is 2.00. The van der Waals surface area contributed by atoms with E-state index in [9.17, 15) is 8.78 Å². The third-order valence-corrected chi connectivity index (χ3v) is 2.21. The van der Waals surface area contributed by atoms with Gasteiger partial charge in [0.25, 0.3) is 6.43 Å². The molecule has 0 atom stereocenters. The lowest BCUT2D eigenvalue weighted by molar-refractivity contribution is 0.145. The summed E-state index contributed by atoms with van der Waals surface area (Å²) < 4.78 is 24.5. The van der Waals surface area contributed by atoms with Crippen molar-refractivity contribution in [2.24, 2.45) is 0 Å². The largest absolute Gasteiger partial charge is 0.280 e. The second-order valence-electron chi connectivity index (χ2n) is 2.54. The summed E-state index contributed by atoms with van der Waals surface area (Å²) in [7, 11) is 0. The smallest absolute Gasteiger partial charge is 0.253 e. The normalized spacial score (nSPS) is 10.8. The summed E-state index contributed by atoms with van der Waals surface area (Å²) >= 11 is 5.68. The third-order valence-electron chi connectivity index (χ3n) is 1.83. The van der Waals surface area contributed by atoms with Crippen LogP contribution in [-0.4, -0.2) is 4.98 Å². The van der Waals surface area contributed by atoms with Crippen LogP contribution in [-0.2, 0) is 0 Å². The zero-order valence-corrected chi connectivity index (χ0v) is 7.49. The molecule has 1 heterocycles. The summed E-state index contributed by atoms with van der Waals surface area (Å²) in [6, 6.07) is 0. The second kappa shape index (κ2) is 3.35. The average molecular weight is 192 g/mol. The highest BCUT2D eigenvalue weighted by Crippen LogP contribution is 2.26. The molecule has 4 heteroatoms. The van der Waals surface area contributed by atoms with Crippen molar-refractivity contribution in [2.75, 3.05) is 0 Å². The standard InChI is InChI=1S/C8H8ClF2N/c1-4-5(2)7(8(10)11)12-3-6(4)9/h3,8H,1-2H3. The Morgan fingerprint density at radius 1 is 1.33 bits per heavy atom. The molecule has 0 aliphatic rings. The van der Waals surface area contributed by atoms with Gasteiger partial charge in [0.2, 0.25) is 0 Å². The molecule has 0 N–H and O–H groups in total. The molecular weight excluding hydrogens is 184 g/mol. The first kappa shape index (κ1) is 9.39. The fourth-order valence-electron chi connectivity index (χ4n) is 0.911. The Labute approximate surface area is 74.4 Å². The Morgan fingerprint density at radius 3 is 2.42 bits per heavy atom. The first-order valence-electron chi connectivity index (χ1n) is 3.43. The maximum atomic E-state index is 12.2. The lowest BCUT2D eigenvalue weighted by Gasteiger charge is -2.07. The van der Waals surface area contributed by atoms with E-state index in [1.807, 2.05) is 0 Å². The van der Waals surface area contributed by atoms with Crippen LogP contribution < -0.4 is 0 Å². The maximum Gasteiger partial charge on any atom is 0.280 e. The number of hydrogen-bond donors (Lipinski definition) is 0. The molecule has 0 radical (unpaired) electrons. The van der Waals surface area contributed by atoms with Gasteiger partial charge < -0.3 is 0 Å². The van der Waals surface area contributed by atoms with Gasteiger partial charge in [0, 0.05) is 6.20 Å². The van der Waals surface area contributed by atoms with Gasteiger partial charge in [-0.2, -0.15) is 0 Å². The van der Waals surface area contributed by atoms with E-state index in [4.69, 9.17) is 11.6 Å². The van der Waals surface area contributed by atoms with Gasteiger partial charge in [-0.25, -0.2) is 8.78 Å². The van der Waals surface area contributed by atoms with Crippen LogP contribution in [0.15, 0.2) is 6.20 Å². The highest BCUT2D eigenvalue weighted by Gasteiger charge is 2.14. The number of halogens is 3. The molecule has 0 aliphatic carbocycles. The number of rotatable bonds is 1. The molecule has 1 rings (SSSR count). The van der Waals surface area contributed by atoms with E-state index in [1.165, 1.54) is 6.20 Å². The fourth-order valence-corrected chi connectivity index (χ4v) is 1.10. The molecule has 0 amide bonds. The highest BCUT2D eigenvalue weighted by atomic mass is 35.5. The van der Waals surface area contributed by atoms with Crippen molar-refractivity contribution in [1.29, 1.82) is 0 Å². The molecule has 1 nitrogen and oxygen atoms in total. The van der Waals surface area contributed by atoms with Crippen LogP contribution in [0.25, 0.3) is 0 Å². The highest BCUT2D eigenvalue weighted by molar-refractivity contribution is 6.31. The van der Waals surface area contributed by atoms with Crippen LogP contribution in [0.2, 0.25) is 5.02 Å². The molecule has 0 saturated carbocycles. The van der Waals surface area contributed by atoms with Gasteiger partial charge in [0.05, 0.1) is 5.02 Å². The van der Waals surface area contributed by atoms with E-state index in [2.05, 4.69) is 4.98 Å². The van der Waals surface area contributed by atoms with E-state index >= 15 is 0 Å². The third kappa shape index (κ3) is 1.55. The van der Waals surface area contributed by atoms with Gasteiger partial charge in [0.15, 0.2) is 0 Å². The zero-order chi connectivity index (χ0) is 9.30. The van der Waals surface area contributed by atoms with Gasteiger partial charge in [0.1, 0.15) is 5.69 Å². The summed E-state index contributed by atoms with van der Waals surface area (Å²) in [6.45, 7) is 3.29. The Morgan fingerprint density at radius 2 is 1.92 bits per heavy atom. The number of hydrogen-bond acceptors (Lipinski definition) is 1. The van der Waals surface area contributed by atoms with Crippen molar-refractivity contribution < 1.29 is 8.78 Å². The van der Waals surface area contributed by atoms with E-state index < -0.39 is 6.43 Å². The topological polar surface area (TPSA) is 12.9 Å². The number of nitrogens with zero attached hydrogens (tertiary/aromatic N) is 1. The van der Waals surface area contributed by atoms with Crippen LogP contribution in [0.1, 0.15) is 23.2 Å². The molecule has 0 aliphatic heterocycles. The Hall–Kier alpha value is -0.700. The minimum absolute atomic E-state index is 0.183. The van der Waals surface area contributed by atoms with Crippen molar-refractivity contribution in [3.05, 3.63) is 28.0 Å². The van der Waals surface area contributed by atoms with E-state index in [1.54, 1.807) is 13.8 Å². The molecule has 0 unspecified atom stereocenters. The summed E-state index contributed by atoms with van der Waals surface area (Å²) in [4.78, 5) is 3.56. The monoisotopic (exact) mass is 191 g/mol. The first-order valence-corrected chi connectivity index (χ1v) is 3.81. The van der Waals surface area contributed by atoms with Gasteiger partial charge in [-0.15, -0.1) is 0 Å². The van der Waals surface area contributed by atoms with Crippen LogP contribution in [0, 0.1) is 13.8 Å². The lowest BCUT2D eigenvalue weighted by atomic mass is 10.1. The summed E-state index contributed by atoms with van der Waals surface area (Å²) in [6.07, 6.45) is -1.27. The minimum atomic E-state index is -2.53. The van der Waals surface area contributed by atoms with E-state index in [-0.39, 0.29) is 5.69 Å². The quantitative estimate of drug-likeness (QED) is 0.664.